The fraction of sp³-hybridized carbons (Fsp3) is 0.0612. The van der Waals surface area contributed by atoms with Gasteiger partial charge in [-0.3, -0.25) is 0 Å². The highest BCUT2D eigenvalue weighted by Gasteiger charge is 2.37. The molecule has 0 fully saturated rings. The molecular weight excluding hydrogens is 603 g/mol. The van der Waals surface area contributed by atoms with E-state index < -0.39 is 0 Å². The van der Waals surface area contributed by atoms with E-state index in [0.29, 0.717) is 0 Å². The average Bonchev–Trinajstić information content (AvgIpc) is 3.42. The van der Waals surface area contributed by atoms with Crippen molar-refractivity contribution < 1.29 is 0 Å². The lowest BCUT2D eigenvalue weighted by Gasteiger charge is -2.29. The van der Waals surface area contributed by atoms with Crippen LogP contribution >= 0.6 is 0 Å². The summed E-state index contributed by atoms with van der Waals surface area (Å²) >= 11 is 0. The highest BCUT2D eigenvalue weighted by Crippen LogP contribution is 2.54. The Morgan fingerprint density at radius 1 is 0.340 bits per heavy atom. The van der Waals surface area contributed by atoms with E-state index >= 15 is 0 Å². The Balaban J connectivity index is 1.18. The standard InChI is InChI=1S/C49H37N/c1-49(2)45-23-10-9-18-44(45)48-46(49)24-13-25-47(48)50(38-30-26-35(27-31-38)34-14-5-3-6-15-34)39-32-28-37(29-33-39)41-20-12-21-42-40(19-11-22-43(41)42)36-16-7-4-8-17-36/h3-33H,1-2H3. The van der Waals surface area contributed by atoms with Gasteiger partial charge in [0.15, 0.2) is 0 Å². The molecule has 0 bridgehead atoms. The Bertz CT molecular complexity index is 2470. The Morgan fingerprint density at radius 2 is 0.780 bits per heavy atom. The lowest BCUT2D eigenvalue weighted by Crippen LogP contribution is -2.16. The summed E-state index contributed by atoms with van der Waals surface area (Å²) < 4.78 is 0. The summed E-state index contributed by atoms with van der Waals surface area (Å²) in [6.45, 7) is 4.70. The molecule has 0 saturated carbocycles. The minimum absolute atomic E-state index is 0.0817. The van der Waals surface area contributed by atoms with E-state index in [9.17, 15) is 0 Å². The van der Waals surface area contributed by atoms with Gasteiger partial charge in [-0.05, 0) is 91.2 Å². The van der Waals surface area contributed by atoms with Gasteiger partial charge in [0.05, 0.1) is 5.69 Å². The third-order valence-electron chi connectivity index (χ3n) is 10.5. The minimum atomic E-state index is -0.0817. The molecule has 0 heterocycles. The molecule has 0 spiro atoms. The normalized spacial score (nSPS) is 12.8. The van der Waals surface area contributed by atoms with Gasteiger partial charge in [0.1, 0.15) is 0 Å². The van der Waals surface area contributed by atoms with Gasteiger partial charge in [-0.2, -0.15) is 0 Å². The Kier molecular flexibility index (Phi) is 7.21. The molecule has 1 aliphatic carbocycles. The van der Waals surface area contributed by atoms with Gasteiger partial charge in [-0.15, -0.1) is 0 Å². The molecule has 0 unspecified atom stereocenters. The number of benzene rings is 8. The second kappa shape index (κ2) is 12.1. The first-order chi connectivity index (χ1) is 24.6. The molecule has 0 radical (unpaired) electrons. The number of rotatable bonds is 6. The van der Waals surface area contributed by atoms with E-state index in [-0.39, 0.29) is 5.41 Å². The Labute approximate surface area is 294 Å². The fourth-order valence-electron chi connectivity index (χ4n) is 8.00. The molecule has 0 aromatic heterocycles. The van der Waals surface area contributed by atoms with Gasteiger partial charge >= 0.3 is 0 Å². The van der Waals surface area contributed by atoms with Crippen molar-refractivity contribution >= 4 is 27.8 Å². The third-order valence-corrected chi connectivity index (χ3v) is 10.5. The molecule has 50 heavy (non-hydrogen) atoms. The van der Waals surface area contributed by atoms with Crippen LogP contribution in [0.1, 0.15) is 25.0 Å². The van der Waals surface area contributed by atoms with Crippen LogP contribution in [0.4, 0.5) is 17.1 Å². The van der Waals surface area contributed by atoms with Crippen molar-refractivity contribution in [1.29, 1.82) is 0 Å². The number of fused-ring (bicyclic) bond motifs is 4. The molecule has 0 saturated heterocycles. The van der Waals surface area contributed by atoms with E-state index in [0.717, 1.165) is 11.4 Å². The molecule has 8 aromatic rings. The van der Waals surface area contributed by atoms with Crippen molar-refractivity contribution in [1.82, 2.24) is 0 Å². The smallest absolute Gasteiger partial charge is 0.0543 e. The first-order valence-corrected chi connectivity index (χ1v) is 17.4. The zero-order chi connectivity index (χ0) is 33.7. The summed E-state index contributed by atoms with van der Waals surface area (Å²) in [4.78, 5) is 2.44. The summed E-state index contributed by atoms with van der Waals surface area (Å²) in [7, 11) is 0. The number of nitrogens with zero attached hydrogens (tertiary/aromatic N) is 1. The second-order valence-corrected chi connectivity index (χ2v) is 13.7. The summed E-state index contributed by atoms with van der Waals surface area (Å²) in [6.07, 6.45) is 0. The van der Waals surface area contributed by atoms with Gasteiger partial charge in [0.2, 0.25) is 0 Å². The van der Waals surface area contributed by atoms with Crippen LogP contribution < -0.4 is 4.90 Å². The molecule has 0 amide bonds. The number of hydrogen-bond donors (Lipinski definition) is 0. The topological polar surface area (TPSA) is 3.24 Å². The van der Waals surface area contributed by atoms with E-state index in [1.54, 1.807) is 0 Å². The lowest BCUT2D eigenvalue weighted by atomic mass is 9.82. The maximum atomic E-state index is 2.44. The van der Waals surface area contributed by atoms with Crippen LogP contribution in [-0.4, -0.2) is 0 Å². The molecule has 238 valence electrons. The van der Waals surface area contributed by atoms with E-state index in [1.165, 1.54) is 72.1 Å². The minimum Gasteiger partial charge on any atom is -0.310 e. The highest BCUT2D eigenvalue weighted by molar-refractivity contribution is 6.04. The molecule has 9 rings (SSSR count). The Morgan fingerprint density at radius 3 is 1.40 bits per heavy atom. The molecule has 1 nitrogen and oxygen atoms in total. The van der Waals surface area contributed by atoms with Crippen LogP contribution in [-0.2, 0) is 5.41 Å². The average molecular weight is 640 g/mol. The monoisotopic (exact) mass is 639 g/mol. The molecule has 0 aliphatic heterocycles. The summed E-state index contributed by atoms with van der Waals surface area (Å²) in [5.41, 5.74) is 16.1. The van der Waals surface area contributed by atoms with Crippen molar-refractivity contribution in [2.75, 3.05) is 4.90 Å². The van der Waals surface area contributed by atoms with Crippen molar-refractivity contribution in [2.45, 2.75) is 19.3 Å². The van der Waals surface area contributed by atoms with Gasteiger partial charge < -0.3 is 4.90 Å². The van der Waals surface area contributed by atoms with Crippen LogP contribution in [0.2, 0.25) is 0 Å². The largest absolute Gasteiger partial charge is 0.310 e. The molecule has 8 aromatic carbocycles. The van der Waals surface area contributed by atoms with Crippen molar-refractivity contribution in [3.05, 3.63) is 199 Å². The van der Waals surface area contributed by atoms with E-state index in [4.69, 9.17) is 0 Å². The fourth-order valence-corrected chi connectivity index (χ4v) is 8.00. The molecule has 1 heteroatoms. The van der Waals surface area contributed by atoms with Gasteiger partial charge in [0.25, 0.3) is 0 Å². The predicted octanol–water partition coefficient (Wildman–Crippen LogP) is 13.6. The van der Waals surface area contributed by atoms with Crippen molar-refractivity contribution in [3.63, 3.8) is 0 Å². The van der Waals surface area contributed by atoms with Gasteiger partial charge in [-0.1, -0.05) is 172 Å². The highest BCUT2D eigenvalue weighted by atomic mass is 15.1. The van der Waals surface area contributed by atoms with Crippen molar-refractivity contribution in [3.8, 4) is 44.5 Å². The number of hydrogen-bond acceptors (Lipinski definition) is 1. The zero-order valence-corrected chi connectivity index (χ0v) is 28.3. The number of anilines is 3. The molecule has 1 aliphatic rings. The molecule has 0 N–H and O–H groups in total. The van der Waals surface area contributed by atoms with Crippen molar-refractivity contribution in [2.24, 2.45) is 0 Å². The quantitative estimate of drug-likeness (QED) is 0.175. The maximum Gasteiger partial charge on any atom is 0.0543 e. The predicted molar refractivity (Wildman–Crippen MR) is 213 cm³/mol. The SMILES string of the molecule is CC1(C)c2ccccc2-c2c(N(c3ccc(-c4ccccc4)cc3)c3ccc(-c4cccc5c(-c6ccccc6)cccc45)cc3)cccc21. The van der Waals surface area contributed by atoms with E-state index in [2.05, 4.69) is 207 Å². The lowest BCUT2D eigenvalue weighted by molar-refractivity contribution is 0.660. The van der Waals surface area contributed by atoms with Crippen LogP contribution in [0.25, 0.3) is 55.3 Å². The van der Waals surface area contributed by atoms with Gasteiger partial charge in [-0.25, -0.2) is 0 Å². The third kappa shape index (κ3) is 4.94. The zero-order valence-electron chi connectivity index (χ0n) is 28.3. The molecule has 0 atom stereocenters. The summed E-state index contributed by atoms with van der Waals surface area (Å²) in [5.74, 6) is 0. The van der Waals surface area contributed by atoms with Gasteiger partial charge in [0, 0.05) is 22.4 Å². The van der Waals surface area contributed by atoms with E-state index in [1.807, 2.05) is 0 Å². The van der Waals surface area contributed by atoms with Crippen LogP contribution in [0.5, 0.6) is 0 Å². The van der Waals surface area contributed by atoms with Crippen LogP contribution in [0, 0.1) is 0 Å². The Hall–Kier alpha value is -6.18. The second-order valence-electron chi connectivity index (χ2n) is 13.7. The first kappa shape index (κ1) is 29.9. The first-order valence-electron chi connectivity index (χ1n) is 17.4. The maximum absolute atomic E-state index is 2.44. The molecular formula is C49H37N. The van der Waals surface area contributed by atoms with Crippen LogP contribution in [0.15, 0.2) is 188 Å². The van der Waals surface area contributed by atoms with Crippen LogP contribution in [0.3, 0.4) is 0 Å². The summed E-state index contributed by atoms with van der Waals surface area (Å²) in [5, 5.41) is 2.52. The summed E-state index contributed by atoms with van der Waals surface area (Å²) in [6, 6.07) is 68.5.